The van der Waals surface area contributed by atoms with E-state index in [2.05, 4.69) is 62.6 Å². The fraction of sp³-hybridized carbons (Fsp3) is 0.523. The van der Waals surface area contributed by atoms with E-state index in [1.807, 2.05) is 36.4 Å². The third-order valence-corrected chi connectivity index (χ3v) is 12.0. The van der Waals surface area contributed by atoms with Crippen molar-refractivity contribution >= 4 is 17.9 Å². The summed E-state index contributed by atoms with van der Waals surface area (Å²) in [6.45, 7) is 8.33. The van der Waals surface area contributed by atoms with Crippen molar-refractivity contribution in [1.82, 2.24) is 26.2 Å². The van der Waals surface area contributed by atoms with Gasteiger partial charge in [-0.05, 0) is 129 Å². The number of hydrogen-bond acceptors (Lipinski definition) is 8. The van der Waals surface area contributed by atoms with Gasteiger partial charge in [0.15, 0.2) is 0 Å². The zero-order chi connectivity index (χ0) is 38.6. The van der Waals surface area contributed by atoms with Crippen LogP contribution in [0.4, 0.5) is 0 Å². The summed E-state index contributed by atoms with van der Waals surface area (Å²) in [4.78, 5) is 39.0. The molecule has 55 heavy (non-hydrogen) atoms. The van der Waals surface area contributed by atoms with Crippen molar-refractivity contribution in [3.8, 4) is 0 Å². The number of nitrogens with zero attached hydrogens (tertiary/aromatic N) is 1. The van der Waals surface area contributed by atoms with Crippen LogP contribution >= 0.6 is 0 Å². The topological polar surface area (TPSA) is 163 Å². The molecule has 6 atom stereocenters. The number of aliphatic carboxylic acids is 3. The van der Waals surface area contributed by atoms with Gasteiger partial charge in [-0.1, -0.05) is 72.8 Å². The molecule has 3 heterocycles. The van der Waals surface area contributed by atoms with Crippen LogP contribution in [0.1, 0.15) is 52.6 Å². The Hall–Kier alpha value is -4.13. The molecule has 0 bridgehead atoms. The normalized spacial score (nSPS) is 21.4. The number of carbonyl (C=O) groups is 3. The van der Waals surface area contributed by atoms with Crippen LogP contribution in [0.2, 0.25) is 0 Å². The highest BCUT2D eigenvalue weighted by Crippen LogP contribution is 2.27. The van der Waals surface area contributed by atoms with Crippen LogP contribution in [0.15, 0.2) is 72.8 Å². The van der Waals surface area contributed by atoms with E-state index in [4.69, 9.17) is 0 Å². The van der Waals surface area contributed by atoms with Crippen molar-refractivity contribution in [3.63, 3.8) is 0 Å². The molecule has 0 amide bonds. The summed E-state index contributed by atoms with van der Waals surface area (Å²) in [5.74, 6) is -3.03. The molecule has 7 N–H and O–H groups in total. The van der Waals surface area contributed by atoms with E-state index in [9.17, 15) is 29.7 Å². The maximum atomic E-state index is 12.3. The first kappa shape index (κ1) is 40.5. The van der Waals surface area contributed by atoms with Crippen molar-refractivity contribution in [3.05, 3.63) is 106 Å². The maximum absolute atomic E-state index is 12.3. The Morgan fingerprint density at radius 1 is 0.582 bits per heavy atom. The highest BCUT2D eigenvalue weighted by molar-refractivity contribution is 5.72. The molecular weight excluding hydrogens is 695 g/mol. The molecule has 11 nitrogen and oxygen atoms in total. The van der Waals surface area contributed by atoms with E-state index >= 15 is 0 Å². The molecule has 0 spiro atoms. The van der Waals surface area contributed by atoms with E-state index in [1.165, 1.54) is 0 Å². The summed E-state index contributed by atoms with van der Waals surface area (Å²) in [6.07, 6.45) is 4.19. The van der Waals surface area contributed by atoms with Crippen LogP contribution in [0, 0.1) is 35.5 Å². The predicted octanol–water partition coefficient (Wildman–Crippen LogP) is 4.04. The second kappa shape index (κ2) is 20.2. The second-order valence-electron chi connectivity index (χ2n) is 16.1. The van der Waals surface area contributed by atoms with Gasteiger partial charge < -0.3 is 36.6 Å². The molecule has 3 saturated heterocycles. The van der Waals surface area contributed by atoms with Gasteiger partial charge in [-0.25, -0.2) is 0 Å². The fourth-order valence-electron chi connectivity index (χ4n) is 8.97. The fourth-order valence-corrected chi connectivity index (χ4v) is 8.97. The minimum Gasteiger partial charge on any atom is -0.481 e. The number of nitrogens with one attached hydrogen (secondary N) is 4. The molecule has 6 rings (SSSR count). The van der Waals surface area contributed by atoms with Crippen molar-refractivity contribution in [2.45, 2.75) is 58.2 Å². The number of carboxylic acid groups (broad SMARTS) is 3. The molecule has 296 valence electrons. The van der Waals surface area contributed by atoms with Crippen molar-refractivity contribution in [2.75, 3.05) is 52.4 Å². The van der Waals surface area contributed by atoms with E-state index in [0.717, 1.165) is 105 Å². The lowest BCUT2D eigenvalue weighted by Gasteiger charge is -2.24. The zero-order valence-corrected chi connectivity index (χ0v) is 31.9. The lowest BCUT2D eigenvalue weighted by Crippen LogP contribution is -2.31. The van der Waals surface area contributed by atoms with Gasteiger partial charge >= 0.3 is 17.9 Å². The van der Waals surface area contributed by atoms with Gasteiger partial charge in [0.25, 0.3) is 0 Å². The third-order valence-electron chi connectivity index (χ3n) is 12.0. The second-order valence-corrected chi connectivity index (χ2v) is 16.1. The predicted molar refractivity (Wildman–Crippen MR) is 213 cm³/mol. The Bertz CT molecular complexity index is 1640. The van der Waals surface area contributed by atoms with Crippen LogP contribution in [-0.4, -0.2) is 90.5 Å². The average molecular weight is 754 g/mol. The quantitative estimate of drug-likeness (QED) is 0.0787. The van der Waals surface area contributed by atoms with E-state index in [-0.39, 0.29) is 17.8 Å². The van der Waals surface area contributed by atoms with Gasteiger partial charge in [-0.3, -0.25) is 19.3 Å². The molecule has 0 aromatic heterocycles. The lowest BCUT2D eigenvalue weighted by molar-refractivity contribution is -0.144. The van der Waals surface area contributed by atoms with Gasteiger partial charge in [0.1, 0.15) is 0 Å². The molecule has 0 radical (unpaired) electrons. The molecule has 6 unspecified atom stereocenters. The first-order chi connectivity index (χ1) is 26.7. The summed E-state index contributed by atoms with van der Waals surface area (Å²) in [5.41, 5.74) is 6.48. The van der Waals surface area contributed by atoms with E-state index in [0.29, 0.717) is 38.9 Å². The summed E-state index contributed by atoms with van der Waals surface area (Å²) in [6, 6.07) is 24.9. The number of benzene rings is 3. The van der Waals surface area contributed by atoms with Crippen LogP contribution in [-0.2, 0) is 53.3 Å². The molecule has 11 heteroatoms. The van der Waals surface area contributed by atoms with Crippen LogP contribution in [0.25, 0.3) is 0 Å². The molecule has 3 aliphatic rings. The Morgan fingerprint density at radius 2 is 0.945 bits per heavy atom. The smallest absolute Gasteiger partial charge is 0.307 e. The van der Waals surface area contributed by atoms with Gasteiger partial charge in [0, 0.05) is 32.7 Å². The van der Waals surface area contributed by atoms with Gasteiger partial charge in [0.2, 0.25) is 0 Å². The Balaban J connectivity index is 1.12. The van der Waals surface area contributed by atoms with E-state index in [1.54, 1.807) is 0 Å². The van der Waals surface area contributed by atoms with Crippen LogP contribution < -0.4 is 21.3 Å². The summed E-state index contributed by atoms with van der Waals surface area (Å²) < 4.78 is 0. The number of hydrogen-bond donors (Lipinski definition) is 7. The molecule has 0 aliphatic carbocycles. The first-order valence-electron chi connectivity index (χ1n) is 20.2. The maximum Gasteiger partial charge on any atom is 0.307 e. The van der Waals surface area contributed by atoms with Crippen LogP contribution in [0.3, 0.4) is 0 Å². The Labute approximate surface area is 325 Å². The average Bonchev–Trinajstić information content (AvgIpc) is 3.99. The van der Waals surface area contributed by atoms with Crippen molar-refractivity contribution in [1.29, 1.82) is 0 Å². The molecule has 0 saturated carbocycles. The van der Waals surface area contributed by atoms with E-state index < -0.39 is 35.7 Å². The summed E-state index contributed by atoms with van der Waals surface area (Å²) in [7, 11) is 0. The number of carboxylic acids is 3. The minimum absolute atomic E-state index is 0.130. The highest BCUT2D eigenvalue weighted by atomic mass is 16.4. The van der Waals surface area contributed by atoms with Gasteiger partial charge in [-0.15, -0.1) is 0 Å². The van der Waals surface area contributed by atoms with Crippen molar-refractivity contribution < 1.29 is 29.7 Å². The molecule has 3 aromatic carbocycles. The lowest BCUT2D eigenvalue weighted by atomic mass is 9.86. The first-order valence-corrected chi connectivity index (χ1v) is 20.2. The third kappa shape index (κ3) is 11.9. The molecule has 3 aromatic rings. The minimum atomic E-state index is -0.737. The van der Waals surface area contributed by atoms with Gasteiger partial charge in [0.05, 0.1) is 17.8 Å². The largest absolute Gasteiger partial charge is 0.481 e. The van der Waals surface area contributed by atoms with Crippen LogP contribution in [0.5, 0.6) is 0 Å². The Morgan fingerprint density at radius 3 is 1.31 bits per heavy atom. The molecular formula is C44H59N5O6. The van der Waals surface area contributed by atoms with Gasteiger partial charge in [-0.2, -0.15) is 0 Å². The highest BCUT2D eigenvalue weighted by Gasteiger charge is 2.32. The standard InChI is InChI=1S/C44H59N5O6/c50-42(51)39(36-10-13-45-25-36)21-30-4-1-7-33(18-30)24-48-16-17-49(28-34-8-2-5-31(19-34)22-40(43(52)53)37-11-14-46-26-37)29-35-9-3-6-32(20-35)23-41(44(54)55)38-12-15-47-27-38/h1-9,18-20,36-41,45-48H,10-17,21-29H2,(H,50,51)(H,52,53)(H,54,55). The zero-order valence-electron chi connectivity index (χ0n) is 31.9. The Kier molecular flexibility index (Phi) is 14.9. The summed E-state index contributed by atoms with van der Waals surface area (Å²) in [5, 5.41) is 43.6. The van der Waals surface area contributed by atoms with Crippen molar-refractivity contribution in [2.24, 2.45) is 35.5 Å². The summed E-state index contributed by atoms with van der Waals surface area (Å²) >= 11 is 0. The number of rotatable bonds is 21. The monoisotopic (exact) mass is 753 g/mol. The molecule has 3 aliphatic heterocycles. The SMILES string of the molecule is O=C(O)C(Cc1cccc(CNCCN(Cc2cccc(CC(C(=O)O)C3CCNC3)c2)Cc2cccc(CC(C(=O)O)C3CCNC3)c2)c1)C1CCNC1. The molecule has 3 fully saturated rings.